The number of nitrogens with zero attached hydrogens (tertiary/aromatic N) is 2. The molecular weight excluding hydrogens is 457 g/mol. The van der Waals surface area contributed by atoms with E-state index in [1.165, 1.54) is 12.1 Å². The van der Waals surface area contributed by atoms with E-state index >= 15 is 0 Å². The first kappa shape index (κ1) is 23.4. The molecule has 2 heterocycles. The monoisotopic (exact) mass is 483 g/mol. The summed E-state index contributed by atoms with van der Waals surface area (Å²) >= 11 is 0. The molecule has 1 unspecified atom stereocenters. The fourth-order valence-electron chi connectivity index (χ4n) is 4.62. The molecule has 1 atom stereocenters. The minimum absolute atomic E-state index is 0.175. The predicted molar refractivity (Wildman–Crippen MR) is 135 cm³/mol. The highest BCUT2D eigenvalue weighted by Crippen LogP contribution is 2.37. The molecule has 4 aromatic rings. The largest absolute Gasteiger partial charge is 0.466 e. The quantitative estimate of drug-likeness (QED) is 0.362. The molecule has 0 radical (unpaired) electrons. The number of anilines is 1. The molecule has 0 saturated heterocycles. The molecule has 0 spiro atoms. The number of hydrogen-bond acceptors (Lipinski definition) is 3. The minimum atomic E-state index is -0.434. The number of fused-ring (bicyclic) bond motifs is 3. The Balaban J connectivity index is 1.47. The second-order valence-corrected chi connectivity index (χ2v) is 8.62. The van der Waals surface area contributed by atoms with Crippen LogP contribution < -0.4 is 5.32 Å². The fourth-order valence-corrected chi connectivity index (χ4v) is 4.62. The van der Waals surface area contributed by atoms with Gasteiger partial charge in [-0.3, -0.25) is 4.79 Å². The Morgan fingerprint density at radius 3 is 2.47 bits per heavy atom. The Morgan fingerprint density at radius 2 is 1.72 bits per heavy atom. The van der Waals surface area contributed by atoms with Gasteiger partial charge in [0.15, 0.2) is 0 Å². The number of amides is 2. The highest BCUT2D eigenvalue weighted by molar-refractivity contribution is 5.90. The number of para-hydroxylation sites is 1. The zero-order chi connectivity index (χ0) is 25.1. The van der Waals surface area contributed by atoms with Crippen molar-refractivity contribution in [3.05, 3.63) is 119 Å². The SMILES string of the molecule is CCOC(=O)Cc1ccc(NC(=O)N2Cc3ccccc3-n3cccc3C2c2ccc(F)cc2)cc1. The van der Waals surface area contributed by atoms with Gasteiger partial charge in [-0.2, -0.15) is 0 Å². The first-order chi connectivity index (χ1) is 17.5. The van der Waals surface area contributed by atoms with Gasteiger partial charge in [-0.25, -0.2) is 9.18 Å². The van der Waals surface area contributed by atoms with Gasteiger partial charge in [-0.15, -0.1) is 0 Å². The van der Waals surface area contributed by atoms with Crippen LogP contribution in [0.15, 0.2) is 91.1 Å². The maximum Gasteiger partial charge on any atom is 0.322 e. The lowest BCUT2D eigenvalue weighted by atomic mass is 10.0. The molecule has 6 nitrogen and oxygen atoms in total. The third-order valence-electron chi connectivity index (χ3n) is 6.27. The summed E-state index contributed by atoms with van der Waals surface area (Å²) in [5.74, 6) is -0.618. The number of ether oxygens (including phenoxy) is 1. The average Bonchev–Trinajstić information content (AvgIpc) is 3.30. The second kappa shape index (κ2) is 10.1. The molecule has 0 fully saturated rings. The van der Waals surface area contributed by atoms with Crippen LogP contribution in [0.25, 0.3) is 5.69 Å². The smallest absolute Gasteiger partial charge is 0.322 e. The van der Waals surface area contributed by atoms with Crippen LogP contribution in [0.4, 0.5) is 14.9 Å². The molecular formula is C29H26FN3O3. The fraction of sp³-hybridized carbons (Fsp3) is 0.172. The van der Waals surface area contributed by atoms with Gasteiger partial charge >= 0.3 is 12.0 Å². The number of aromatic nitrogens is 1. The van der Waals surface area contributed by atoms with Crippen molar-refractivity contribution in [2.45, 2.75) is 25.9 Å². The van der Waals surface area contributed by atoms with E-state index in [4.69, 9.17) is 4.74 Å². The van der Waals surface area contributed by atoms with Crippen LogP contribution in [0.3, 0.4) is 0 Å². The molecule has 0 saturated carbocycles. The van der Waals surface area contributed by atoms with Crippen LogP contribution in [-0.4, -0.2) is 28.1 Å². The Hall–Kier alpha value is -4.39. The maximum atomic E-state index is 13.8. The topological polar surface area (TPSA) is 63.6 Å². The Bertz CT molecular complexity index is 1380. The molecule has 7 heteroatoms. The number of halogens is 1. The van der Waals surface area contributed by atoms with Gasteiger partial charge in [0.25, 0.3) is 0 Å². The number of rotatable bonds is 5. The summed E-state index contributed by atoms with van der Waals surface area (Å²) in [5.41, 5.74) is 5.13. The Morgan fingerprint density at radius 1 is 0.972 bits per heavy atom. The zero-order valence-corrected chi connectivity index (χ0v) is 19.9. The normalized spacial score (nSPS) is 14.4. The second-order valence-electron chi connectivity index (χ2n) is 8.62. The molecule has 1 aromatic heterocycles. The number of nitrogens with one attached hydrogen (secondary N) is 1. The zero-order valence-electron chi connectivity index (χ0n) is 19.9. The predicted octanol–water partition coefficient (Wildman–Crippen LogP) is 5.86. The van der Waals surface area contributed by atoms with E-state index in [0.717, 1.165) is 28.1 Å². The van der Waals surface area contributed by atoms with Crippen molar-refractivity contribution in [2.24, 2.45) is 0 Å². The van der Waals surface area contributed by atoms with E-state index in [9.17, 15) is 14.0 Å². The lowest BCUT2D eigenvalue weighted by Gasteiger charge is -2.31. The van der Waals surface area contributed by atoms with Gasteiger partial charge in [0, 0.05) is 17.6 Å². The van der Waals surface area contributed by atoms with Crippen molar-refractivity contribution in [1.29, 1.82) is 0 Å². The highest BCUT2D eigenvalue weighted by atomic mass is 19.1. The molecule has 5 rings (SSSR count). The summed E-state index contributed by atoms with van der Waals surface area (Å²) in [6, 6.07) is 24.6. The van der Waals surface area contributed by atoms with Gasteiger partial charge in [-0.05, 0) is 66.1 Å². The van der Waals surface area contributed by atoms with E-state index in [1.807, 2.05) is 42.6 Å². The first-order valence-corrected chi connectivity index (χ1v) is 11.9. The number of benzene rings is 3. The van der Waals surface area contributed by atoms with E-state index in [2.05, 4.69) is 9.88 Å². The molecule has 0 bridgehead atoms. The molecule has 3 aromatic carbocycles. The van der Waals surface area contributed by atoms with Gasteiger partial charge in [0.05, 0.1) is 31.3 Å². The van der Waals surface area contributed by atoms with Gasteiger partial charge in [0.1, 0.15) is 5.82 Å². The van der Waals surface area contributed by atoms with Crippen LogP contribution in [0.2, 0.25) is 0 Å². The van der Waals surface area contributed by atoms with Gasteiger partial charge in [-0.1, -0.05) is 42.5 Å². The van der Waals surface area contributed by atoms with Crippen LogP contribution >= 0.6 is 0 Å². The molecule has 36 heavy (non-hydrogen) atoms. The standard InChI is InChI=1S/C29H26FN3O3/c1-2-36-27(34)18-20-9-15-24(16-10-20)31-29(35)33-19-22-6-3-4-7-25(22)32-17-5-8-26(32)28(33)21-11-13-23(30)14-12-21/h3-17,28H,2,18-19H2,1H3,(H,31,35). The summed E-state index contributed by atoms with van der Waals surface area (Å²) in [7, 11) is 0. The third kappa shape index (κ3) is 4.73. The number of hydrogen-bond donors (Lipinski definition) is 1. The average molecular weight is 484 g/mol. The summed E-state index contributed by atoms with van der Waals surface area (Å²) in [4.78, 5) is 27.2. The minimum Gasteiger partial charge on any atom is -0.466 e. The van der Waals surface area contributed by atoms with E-state index in [1.54, 1.807) is 48.2 Å². The Labute approximate surface area is 208 Å². The van der Waals surface area contributed by atoms with Gasteiger partial charge in [0.2, 0.25) is 0 Å². The lowest BCUT2D eigenvalue weighted by molar-refractivity contribution is -0.142. The van der Waals surface area contributed by atoms with Crippen LogP contribution in [-0.2, 0) is 22.5 Å². The third-order valence-corrected chi connectivity index (χ3v) is 6.27. The first-order valence-electron chi connectivity index (χ1n) is 11.9. The Kier molecular flexibility index (Phi) is 6.54. The summed E-state index contributed by atoms with van der Waals surface area (Å²) < 4.78 is 20.8. The van der Waals surface area contributed by atoms with Crippen LogP contribution in [0.1, 0.15) is 35.3 Å². The van der Waals surface area contributed by atoms with Crippen molar-refractivity contribution in [3.63, 3.8) is 0 Å². The number of urea groups is 1. The van der Waals surface area contributed by atoms with Crippen molar-refractivity contribution in [1.82, 2.24) is 9.47 Å². The van der Waals surface area contributed by atoms with Crippen molar-refractivity contribution < 1.29 is 18.7 Å². The maximum absolute atomic E-state index is 13.8. The summed E-state index contributed by atoms with van der Waals surface area (Å²) in [6.45, 7) is 2.48. The van der Waals surface area contributed by atoms with Crippen LogP contribution in [0.5, 0.6) is 0 Å². The molecule has 1 aliphatic rings. The van der Waals surface area contributed by atoms with Crippen molar-refractivity contribution in [2.75, 3.05) is 11.9 Å². The lowest BCUT2D eigenvalue weighted by Crippen LogP contribution is -2.37. The van der Waals surface area contributed by atoms with E-state index in [0.29, 0.717) is 18.8 Å². The molecule has 1 aliphatic heterocycles. The molecule has 2 amide bonds. The van der Waals surface area contributed by atoms with Gasteiger partial charge < -0.3 is 19.5 Å². The summed E-state index contributed by atoms with van der Waals surface area (Å²) in [5, 5.41) is 3.00. The van der Waals surface area contributed by atoms with Crippen molar-refractivity contribution >= 4 is 17.7 Å². The highest BCUT2D eigenvalue weighted by Gasteiger charge is 2.33. The van der Waals surface area contributed by atoms with E-state index in [-0.39, 0.29) is 24.2 Å². The molecule has 1 N–H and O–H groups in total. The van der Waals surface area contributed by atoms with Crippen LogP contribution in [0, 0.1) is 5.82 Å². The van der Waals surface area contributed by atoms with Crippen molar-refractivity contribution in [3.8, 4) is 5.69 Å². The molecule has 182 valence electrons. The molecule has 0 aliphatic carbocycles. The summed E-state index contributed by atoms with van der Waals surface area (Å²) in [6.07, 6.45) is 2.16. The number of carbonyl (C=O) groups is 2. The van der Waals surface area contributed by atoms with E-state index < -0.39 is 6.04 Å². The number of esters is 1. The number of carbonyl (C=O) groups excluding carboxylic acids is 2.